The van der Waals surface area contributed by atoms with E-state index in [0.717, 1.165) is 11.1 Å². The molecule has 2 N–H and O–H groups in total. The number of hydrogen-bond donors (Lipinski definition) is 2. The number of nitriles is 1. The van der Waals surface area contributed by atoms with Crippen molar-refractivity contribution < 1.29 is 14.3 Å². The fourth-order valence-electron chi connectivity index (χ4n) is 3.66. The number of aromatic nitrogens is 3. The minimum Gasteiger partial charge on any atom is -0.497 e. The lowest BCUT2D eigenvalue weighted by Gasteiger charge is -2.13. The summed E-state index contributed by atoms with van der Waals surface area (Å²) in [5.74, 6) is -1.41. The Kier molecular flexibility index (Phi) is 8.23. The van der Waals surface area contributed by atoms with Gasteiger partial charge >= 0.3 is 0 Å². The molecule has 4 rings (SSSR count). The van der Waals surface area contributed by atoms with Gasteiger partial charge in [0, 0.05) is 31.0 Å². The molecule has 2 aromatic heterocycles. The third kappa shape index (κ3) is 6.37. The minimum atomic E-state index is -1.26. The molecule has 1 atom stereocenters. The molecule has 0 bridgehead atoms. The summed E-state index contributed by atoms with van der Waals surface area (Å²) >= 11 is 6.33. The molecule has 1 unspecified atom stereocenters. The van der Waals surface area contributed by atoms with Gasteiger partial charge in [-0.3, -0.25) is 14.6 Å². The first kappa shape index (κ1) is 25.5. The lowest BCUT2D eigenvalue weighted by atomic mass is 10.1. The van der Waals surface area contributed by atoms with Crippen molar-refractivity contribution in [2.24, 2.45) is 0 Å². The highest BCUT2D eigenvalue weighted by Crippen LogP contribution is 2.25. The lowest BCUT2D eigenvalue weighted by molar-refractivity contribution is -0.121. The van der Waals surface area contributed by atoms with E-state index in [4.69, 9.17) is 16.3 Å². The van der Waals surface area contributed by atoms with E-state index in [9.17, 15) is 14.9 Å². The third-order valence-corrected chi connectivity index (χ3v) is 5.87. The largest absolute Gasteiger partial charge is 0.497 e. The molecule has 37 heavy (non-hydrogen) atoms. The molecule has 0 radical (unpaired) electrons. The maximum Gasteiger partial charge on any atom is 0.251 e. The standard InChI is InChI=1S/C27H23ClN6O3/c1-37-20-6-2-4-18(12-20)16-32-27(36)21(14-29)24-25(28)34-23-13-19(7-8-22(23)33-24)26(35)31-11-9-17-5-3-10-30-15-17/h2-8,10,12-13,15,21H,9,11,16H2,1H3,(H,31,35)(H,32,36). The van der Waals surface area contributed by atoms with Crippen LogP contribution in [-0.4, -0.2) is 40.4 Å². The van der Waals surface area contributed by atoms with Crippen LogP contribution in [0.4, 0.5) is 0 Å². The second kappa shape index (κ2) is 11.9. The van der Waals surface area contributed by atoms with E-state index >= 15 is 0 Å². The number of benzene rings is 2. The number of carbonyl (C=O) groups excluding carboxylic acids is 2. The second-order valence-corrected chi connectivity index (χ2v) is 8.46. The Morgan fingerprint density at radius 1 is 1.05 bits per heavy atom. The lowest BCUT2D eigenvalue weighted by Crippen LogP contribution is -2.29. The number of fused-ring (bicyclic) bond motifs is 1. The van der Waals surface area contributed by atoms with Crippen molar-refractivity contribution in [3.8, 4) is 11.8 Å². The van der Waals surface area contributed by atoms with Crippen LogP contribution in [-0.2, 0) is 17.8 Å². The van der Waals surface area contributed by atoms with Gasteiger partial charge in [-0.1, -0.05) is 29.8 Å². The van der Waals surface area contributed by atoms with Gasteiger partial charge in [-0.15, -0.1) is 0 Å². The van der Waals surface area contributed by atoms with Crippen LogP contribution in [0, 0.1) is 11.3 Å². The maximum absolute atomic E-state index is 12.8. The van der Waals surface area contributed by atoms with Gasteiger partial charge in [0.05, 0.1) is 24.2 Å². The number of hydrogen-bond acceptors (Lipinski definition) is 7. The quantitative estimate of drug-likeness (QED) is 0.349. The van der Waals surface area contributed by atoms with Crippen LogP contribution < -0.4 is 15.4 Å². The van der Waals surface area contributed by atoms with Gasteiger partial charge in [0.25, 0.3) is 5.91 Å². The molecule has 0 aliphatic carbocycles. The number of carbonyl (C=O) groups is 2. The Morgan fingerprint density at radius 2 is 1.89 bits per heavy atom. The average Bonchev–Trinajstić information content (AvgIpc) is 2.93. The molecule has 2 heterocycles. The number of amides is 2. The number of methoxy groups -OCH3 is 1. The van der Waals surface area contributed by atoms with Crippen molar-refractivity contribution in [1.29, 1.82) is 5.26 Å². The van der Waals surface area contributed by atoms with Crippen LogP contribution in [0.1, 0.15) is 33.1 Å². The number of ether oxygens (including phenoxy) is 1. The number of nitrogens with zero attached hydrogens (tertiary/aromatic N) is 4. The monoisotopic (exact) mass is 514 g/mol. The molecule has 2 amide bonds. The van der Waals surface area contributed by atoms with E-state index in [1.165, 1.54) is 0 Å². The number of nitrogens with one attached hydrogen (secondary N) is 2. The Morgan fingerprint density at radius 3 is 2.65 bits per heavy atom. The van der Waals surface area contributed by atoms with Crippen LogP contribution in [0.15, 0.2) is 67.0 Å². The van der Waals surface area contributed by atoms with E-state index in [0.29, 0.717) is 35.3 Å². The molecule has 0 fully saturated rings. The zero-order valence-electron chi connectivity index (χ0n) is 19.9. The smallest absolute Gasteiger partial charge is 0.251 e. The highest BCUT2D eigenvalue weighted by Gasteiger charge is 2.26. The van der Waals surface area contributed by atoms with Gasteiger partial charge in [-0.2, -0.15) is 5.26 Å². The van der Waals surface area contributed by atoms with E-state index in [1.807, 2.05) is 30.3 Å². The zero-order chi connectivity index (χ0) is 26.2. The minimum absolute atomic E-state index is 0.0495. The molecular formula is C27H23ClN6O3. The second-order valence-electron chi connectivity index (χ2n) is 8.10. The predicted octanol–water partition coefficient (Wildman–Crippen LogP) is 3.58. The zero-order valence-corrected chi connectivity index (χ0v) is 20.7. The molecule has 186 valence electrons. The van der Waals surface area contributed by atoms with E-state index < -0.39 is 11.8 Å². The van der Waals surface area contributed by atoms with Gasteiger partial charge in [0.15, 0.2) is 11.1 Å². The van der Waals surface area contributed by atoms with Crippen LogP contribution in [0.3, 0.4) is 0 Å². The third-order valence-electron chi connectivity index (χ3n) is 5.60. The van der Waals surface area contributed by atoms with Crippen molar-refractivity contribution in [2.75, 3.05) is 13.7 Å². The molecule has 0 aliphatic heterocycles. The van der Waals surface area contributed by atoms with Crippen LogP contribution in [0.25, 0.3) is 11.0 Å². The Hall–Kier alpha value is -4.55. The molecule has 0 saturated heterocycles. The Labute approximate surface area is 218 Å². The predicted molar refractivity (Wildman–Crippen MR) is 138 cm³/mol. The highest BCUT2D eigenvalue weighted by molar-refractivity contribution is 6.30. The first-order valence-corrected chi connectivity index (χ1v) is 11.8. The fourth-order valence-corrected chi connectivity index (χ4v) is 3.90. The highest BCUT2D eigenvalue weighted by atomic mass is 35.5. The van der Waals surface area contributed by atoms with Gasteiger partial charge < -0.3 is 15.4 Å². The van der Waals surface area contributed by atoms with Gasteiger partial charge in [-0.25, -0.2) is 9.97 Å². The van der Waals surface area contributed by atoms with Crippen molar-refractivity contribution in [2.45, 2.75) is 18.9 Å². The van der Waals surface area contributed by atoms with Gasteiger partial charge in [0.2, 0.25) is 5.91 Å². The maximum atomic E-state index is 12.8. The van der Waals surface area contributed by atoms with Crippen molar-refractivity contribution >= 4 is 34.4 Å². The summed E-state index contributed by atoms with van der Waals surface area (Å²) in [7, 11) is 1.56. The fraction of sp³-hybridized carbons (Fsp3) is 0.185. The van der Waals surface area contributed by atoms with Crippen LogP contribution >= 0.6 is 11.6 Å². The van der Waals surface area contributed by atoms with Crippen molar-refractivity contribution in [3.05, 3.63) is 94.5 Å². The first-order valence-electron chi connectivity index (χ1n) is 11.4. The Bertz CT molecular complexity index is 1470. The first-order chi connectivity index (χ1) is 18.0. The summed E-state index contributed by atoms with van der Waals surface area (Å²) < 4.78 is 5.19. The SMILES string of the molecule is COc1cccc(CNC(=O)C(C#N)c2nc3ccc(C(=O)NCCc4cccnc4)cc3nc2Cl)c1. The van der Waals surface area contributed by atoms with Gasteiger partial charge in [0.1, 0.15) is 11.4 Å². The molecule has 9 nitrogen and oxygen atoms in total. The normalized spacial score (nSPS) is 11.4. The average molecular weight is 515 g/mol. The van der Waals surface area contributed by atoms with Crippen molar-refractivity contribution in [1.82, 2.24) is 25.6 Å². The summed E-state index contributed by atoms with van der Waals surface area (Å²) in [5, 5.41) is 15.2. The molecule has 0 spiro atoms. The van der Waals surface area contributed by atoms with Crippen LogP contribution in [0.5, 0.6) is 5.75 Å². The number of rotatable bonds is 9. The molecule has 2 aromatic carbocycles. The van der Waals surface area contributed by atoms with E-state index in [1.54, 1.807) is 49.8 Å². The van der Waals surface area contributed by atoms with Crippen LogP contribution in [0.2, 0.25) is 5.15 Å². The Balaban J connectivity index is 1.45. The summed E-state index contributed by atoms with van der Waals surface area (Å²) in [6, 6.07) is 17.8. The number of pyridine rings is 1. The molecular weight excluding hydrogens is 492 g/mol. The van der Waals surface area contributed by atoms with E-state index in [2.05, 4.69) is 25.6 Å². The van der Waals surface area contributed by atoms with Gasteiger partial charge in [-0.05, 0) is 53.9 Å². The molecule has 0 aliphatic rings. The number of halogens is 1. The molecule has 0 saturated carbocycles. The molecule has 4 aromatic rings. The summed E-state index contributed by atoms with van der Waals surface area (Å²) in [6.07, 6.45) is 4.10. The summed E-state index contributed by atoms with van der Waals surface area (Å²) in [6.45, 7) is 0.648. The molecule has 10 heteroatoms. The summed E-state index contributed by atoms with van der Waals surface area (Å²) in [5.41, 5.74) is 3.06. The van der Waals surface area contributed by atoms with E-state index in [-0.39, 0.29) is 23.3 Å². The topological polar surface area (TPSA) is 130 Å². The summed E-state index contributed by atoms with van der Waals surface area (Å²) in [4.78, 5) is 38.2. The van der Waals surface area contributed by atoms with Crippen molar-refractivity contribution in [3.63, 3.8) is 0 Å².